The van der Waals surface area contributed by atoms with Crippen LogP contribution in [0.15, 0.2) is 0 Å². The fourth-order valence-corrected chi connectivity index (χ4v) is 0.280. The Bertz CT molecular complexity index is 159. The standard InChI is InChI=1S/C5H10O3.C5H12O2/c1-4(2)5(7)8-3-6;1-5(2,3-6)4-7/h4,6H,3H2,1-2H3;6-7H,3-4H2,1-2H3. The van der Waals surface area contributed by atoms with Gasteiger partial charge in [0, 0.05) is 5.41 Å². The van der Waals surface area contributed by atoms with Gasteiger partial charge < -0.3 is 20.1 Å². The molecular weight excluding hydrogens is 200 g/mol. The Morgan fingerprint density at radius 1 is 1.20 bits per heavy atom. The third-order valence-corrected chi connectivity index (χ3v) is 1.53. The fraction of sp³-hybridized carbons (Fsp3) is 0.900. The monoisotopic (exact) mass is 222 g/mol. The van der Waals surface area contributed by atoms with Crippen LogP contribution in [0.25, 0.3) is 0 Å². The Labute approximate surface area is 90.7 Å². The molecule has 0 heterocycles. The average Bonchev–Trinajstić information content (AvgIpc) is 2.19. The highest BCUT2D eigenvalue weighted by Gasteiger charge is 2.13. The van der Waals surface area contributed by atoms with Crippen LogP contribution in [0.4, 0.5) is 0 Å². The molecule has 0 aromatic heterocycles. The third-order valence-electron chi connectivity index (χ3n) is 1.53. The second-order valence-electron chi connectivity index (χ2n) is 4.23. The molecule has 92 valence electrons. The van der Waals surface area contributed by atoms with Gasteiger partial charge in [-0.2, -0.15) is 0 Å². The van der Waals surface area contributed by atoms with Crippen molar-refractivity contribution >= 4 is 5.97 Å². The number of hydrogen-bond acceptors (Lipinski definition) is 5. The van der Waals surface area contributed by atoms with Crippen LogP contribution < -0.4 is 0 Å². The van der Waals surface area contributed by atoms with Gasteiger partial charge in [0.25, 0.3) is 0 Å². The first kappa shape index (κ1) is 16.8. The quantitative estimate of drug-likeness (QED) is 0.465. The van der Waals surface area contributed by atoms with Gasteiger partial charge >= 0.3 is 5.97 Å². The van der Waals surface area contributed by atoms with Crippen LogP contribution >= 0.6 is 0 Å². The molecule has 3 N–H and O–H groups in total. The topological polar surface area (TPSA) is 87.0 Å². The van der Waals surface area contributed by atoms with E-state index in [1.165, 1.54) is 0 Å². The first-order valence-electron chi connectivity index (χ1n) is 4.80. The van der Waals surface area contributed by atoms with E-state index < -0.39 is 6.79 Å². The van der Waals surface area contributed by atoms with E-state index in [0.29, 0.717) is 0 Å². The molecule has 0 aromatic rings. The first-order chi connectivity index (χ1) is 6.80. The zero-order valence-electron chi connectivity index (χ0n) is 9.86. The maximum atomic E-state index is 10.4. The van der Waals surface area contributed by atoms with Crippen molar-refractivity contribution < 1.29 is 24.9 Å². The summed E-state index contributed by atoms with van der Waals surface area (Å²) in [5.74, 6) is -0.519. The highest BCUT2D eigenvalue weighted by atomic mass is 16.6. The zero-order chi connectivity index (χ0) is 12.5. The summed E-state index contributed by atoms with van der Waals surface area (Å²) in [6, 6.07) is 0. The molecule has 0 aromatic carbocycles. The van der Waals surface area contributed by atoms with E-state index in [9.17, 15) is 4.79 Å². The summed E-state index contributed by atoms with van der Waals surface area (Å²) in [6.07, 6.45) is 0. The Kier molecular flexibility index (Phi) is 9.66. The van der Waals surface area contributed by atoms with Crippen molar-refractivity contribution in [1.82, 2.24) is 0 Å². The third kappa shape index (κ3) is 11.3. The second kappa shape index (κ2) is 8.64. The summed E-state index contributed by atoms with van der Waals surface area (Å²) in [4.78, 5) is 10.4. The molecule has 0 aliphatic rings. The molecule has 15 heavy (non-hydrogen) atoms. The van der Waals surface area contributed by atoms with Gasteiger partial charge in [-0.25, -0.2) is 0 Å². The minimum atomic E-state index is -0.517. The van der Waals surface area contributed by atoms with E-state index in [-0.39, 0.29) is 30.5 Å². The Morgan fingerprint density at radius 3 is 1.67 bits per heavy atom. The number of esters is 1. The molecule has 0 spiro atoms. The van der Waals surface area contributed by atoms with Crippen molar-refractivity contribution in [2.24, 2.45) is 11.3 Å². The van der Waals surface area contributed by atoms with Crippen LogP contribution in [0.1, 0.15) is 27.7 Å². The summed E-state index contributed by atoms with van der Waals surface area (Å²) in [7, 11) is 0. The van der Waals surface area contributed by atoms with E-state index in [4.69, 9.17) is 15.3 Å². The maximum Gasteiger partial charge on any atom is 0.310 e. The summed E-state index contributed by atoms with van der Waals surface area (Å²) in [6.45, 7) is 6.58. The van der Waals surface area contributed by atoms with E-state index >= 15 is 0 Å². The van der Waals surface area contributed by atoms with Crippen LogP contribution in [0.3, 0.4) is 0 Å². The summed E-state index contributed by atoms with van der Waals surface area (Å²) < 4.78 is 4.22. The maximum absolute atomic E-state index is 10.4. The number of carbonyl (C=O) groups excluding carboxylic acids is 1. The van der Waals surface area contributed by atoms with Gasteiger partial charge in [0.05, 0.1) is 19.1 Å². The average molecular weight is 222 g/mol. The molecule has 0 atom stereocenters. The second-order valence-corrected chi connectivity index (χ2v) is 4.23. The molecule has 0 aliphatic carbocycles. The highest BCUT2D eigenvalue weighted by Crippen LogP contribution is 2.10. The highest BCUT2D eigenvalue weighted by molar-refractivity contribution is 5.71. The number of aliphatic hydroxyl groups excluding tert-OH is 3. The Hall–Kier alpha value is -0.650. The Morgan fingerprint density at radius 2 is 1.60 bits per heavy atom. The van der Waals surface area contributed by atoms with Crippen molar-refractivity contribution in [3.63, 3.8) is 0 Å². The predicted molar refractivity (Wildman–Crippen MR) is 56.0 cm³/mol. The van der Waals surface area contributed by atoms with E-state index in [0.717, 1.165) is 0 Å². The molecule has 0 amide bonds. The lowest BCUT2D eigenvalue weighted by atomic mass is 9.97. The molecule has 0 aliphatic heterocycles. The molecule has 5 nitrogen and oxygen atoms in total. The summed E-state index contributed by atoms with van der Waals surface area (Å²) in [5.41, 5.74) is -0.306. The minimum Gasteiger partial charge on any atom is -0.438 e. The van der Waals surface area contributed by atoms with Gasteiger partial charge in [0.15, 0.2) is 6.79 Å². The largest absolute Gasteiger partial charge is 0.438 e. The van der Waals surface area contributed by atoms with Crippen LogP contribution in [0.5, 0.6) is 0 Å². The van der Waals surface area contributed by atoms with E-state index in [1.54, 1.807) is 27.7 Å². The summed E-state index contributed by atoms with van der Waals surface area (Å²) in [5, 5.41) is 24.9. The number of aliphatic hydroxyl groups is 3. The van der Waals surface area contributed by atoms with Crippen LogP contribution in [-0.4, -0.2) is 41.3 Å². The predicted octanol–water partition coefficient (Wildman–Crippen LogP) is 0.133. The first-order valence-corrected chi connectivity index (χ1v) is 4.80. The molecule has 0 rings (SSSR count). The number of ether oxygens (including phenoxy) is 1. The SMILES string of the molecule is CC(C)(CO)CO.CC(C)C(=O)OCO. The van der Waals surface area contributed by atoms with Gasteiger partial charge in [0.2, 0.25) is 0 Å². The van der Waals surface area contributed by atoms with Crippen LogP contribution in [0, 0.1) is 11.3 Å². The van der Waals surface area contributed by atoms with E-state index in [1.807, 2.05) is 0 Å². The molecule has 0 saturated carbocycles. The lowest BCUT2D eigenvalue weighted by Gasteiger charge is -2.16. The van der Waals surface area contributed by atoms with Crippen molar-refractivity contribution in [3.05, 3.63) is 0 Å². The van der Waals surface area contributed by atoms with Crippen molar-refractivity contribution in [2.75, 3.05) is 20.0 Å². The molecule has 5 heteroatoms. The smallest absolute Gasteiger partial charge is 0.310 e. The minimum absolute atomic E-state index is 0.0451. The number of carbonyl (C=O) groups is 1. The van der Waals surface area contributed by atoms with Crippen molar-refractivity contribution in [1.29, 1.82) is 0 Å². The molecule has 0 bridgehead atoms. The molecule has 0 radical (unpaired) electrons. The number of hydrogen-bond donors (Lipinski definition) is 3. The molecule has 0 fully saturated rings. The zero-order valence-corrected chi connectivity index (χ0v) is 9.86. The normalized spacial score (nSPS) is 10.7. The van der Waals surface area contributed by atoms with Crippen LogP contribution in [-0.2, 0) is 9.53 Å². The van der Waals surface area contributed by atoms with Crippen LogP contribution in [0.2, 0.25) is 0 Å². The molecule has 0 saturated heterocycles. The lowest BCUT2D eigenvalue weighted by Crippen LogP contribution is -2.20. The molecular formula is C10H22O5. The van der Waals surface area contributed by atoms with Crippen molar-refractivity contribution in [3.8, 4) is 0 Å². The van der Waals surface area contributed by atoms with Gasteiger partial charge in [-0.3, -0.25) is 4.79 Å². The van der Waals surface area contributed by atoms with Gasteiger partial charge in [-0.1, -0.05) is 27.7 Å². The fourth-order valence-electron chi connectivity index (χ4n) is 0.280. The van der Waals surface area contributed by atoms with Crippen molar-refractivity contribution in [2.45, 2.75) is 27.7 Å². The molecule has 0 unspecified atom stereocenters. The Balaban J connectivity index is 0. The number of rotatable bonds is 4. The summed E-state index contributed by atoms with van der Waals surface area (Å²) >= 11 is 0. The lowest BCUT2D eigenvalue weighted by molar-refractivity contribution is -0.155. The van der Waals surface area contributed by atoms with Gasteiger partial charge in [-0.05, 0) is 0 Å². The van der Waals surface area contributed by atoms with E-state index in [2.05, 4.69) is 4.74 Å². The van der Waals surface area contributed by atoms with Gasteiger partial charge in [-0.15, -0.1) is 0 Å². The van der Waals surface area contributed by atoms with Gasteiger partial charge in [0.1, 0.15) is 0 Å².